The third-order valence-corrected chi connectivity index (χ3v) is 2.94. The molecule has 0 saturated heterocycles. The Hall–Kier alpha value is -3.66. The maximum absolute atomic E-state index is 12.1. The standard InChI is InChI=1S/C16H11N3O4/c17-10-12(9-11-3-1-2-4-15(11)20)16(21)18-13-5-7-14(8-6-13)19(22)23/h1-9,20H,(H,18,21)/b12-9+. The lowest BCUT2D eigenvalue weighted by molar-refractivity contribution is -0.384. The van der Waals surface area contributed by atoms with Gasteiger partial charge in [0, 0.05) is 23.4 Å². The molecule has 0 spiro atoms. The highest BCUT2D eigenvalue weighted by Crippen LogP contribution is 2.20. The van der Waals surface area contributed by atoms with E-state index in [1.807, 2.05) is 0 Å². The van der Waals surface area contributed by atoms with E-state index in [4.69, 9.17) is 5.26 Å². The van der Waals surface area contributed by atoms with Gasteiger partial charge in [0.2, 0.25) is 0 Å². The van der Waals surface area contributed by atoms with Gasteiger partial charge in [-0.3, -0.25) is 14.9 Å². The number of anilines is 1. The number of phenolic OH excluding ortho intramolecular Hbond substituents is 1. The molecule has 0 fully saturated rings. The molecule has 7 nitrogen and oxygen atoms in total. The molecule has 2 N–H and O–H groups in total. The number of para-hydroxylation sites is 1. The van der Waals surface area contributed by atoms with Crippen LogP contribution in [0.3, 0.4) is 0 Å². The van der Waals surface area contributed by atoms with Gasteiger partial charge in [-0.25, -0.2) is 0 Å². The lowest BCUT2D eigenvalue weighted by Crippen LogP contribution is -2.13. The fourth-order valence-electron chi connectivity index (χ4n) is 1.78. The van der Waals surface area contributed by atoms with Crippen molar-refractivity contribution >= 4 is 23.4 Å². The van der Waals surface area contributed by atoms with E-state index in [0.29, 0.717) is 11.3 Å². The Bertz CT molecular complexity index is 820. The normalized spacial score (nSPS) is 10.7. The van der Waals surface area contributed by atoms with Gasteiger partial charge >= 0.3 is 0 Å². The van der Waals surface area contributed by atoms with Gasteiger partial charge in [0.25, 0.3) is 11.6 Å². The second-order valence-corrected chi connectivity index (χ2v) is 4.49. The summed E-state index contributed by atoms with van der Waals surface area (Å²) in [5, 5.41) is 31.8. The lowest BCUT2D eigenvalue weighted by atomic mass is 10.1. The van der Waals surface area contributed by atoms with Crippen molar-refractivity contribution in [3.8, 4) is 11.8 Å². The average molecular weight is 309 g/mol. The molecule has 0 atom stereocenters. The number of nitro benzene ring substituents is 1. The second kappa shape index (κ2) is 6.87. The summed E-state index contributed by atoms with van der Waals surface area (Å²) in [7, 11) is 0. The van der Waals surface area contributed by atoms with Crippen LogP contribution < -0.4 is 5.32 Å². The van der Waals surface area contributed by atoms with Crippen LogP contribution in [0.5, 0.6) is 5.75 Å². The number of aromatic hydroxyl groups is 1. The lowest BCUT2D eigenvalue weighted by Gasteiger charge is -2.04. The third-order valence-electron chi connectivity index (χ3n) is 2.94. The van der Waals surface area contributed by atoms with Gasteiger partial charge in [0.15, 0.2) is 0 Å². The monoisotopic (exact) mass is 309 g/mol. The molecule has 0 aliphatic heterocycles. The zero-order valence-corrected chi connectivity index (χ0v) is 11.8. The number of benzene rings is 2. The Labute approximate surface area is 131 Å². The van der Waals surface area contributed by atoms with Crippen molar-refractivity contribution in [1.29, 1.82) is 5.26 Å². The molecular formula is C16H11N3O4. The molecule has 2 rings (SSSR count). The van der Waals surface area contributed by atoms with Gasteiger partial charge in [-0.2, -0.15) is 5.26 Å². The SMILES string of the molecule is N#C/C(=C\c1ccccc1O)C(=O)Nc1ccc([N+](=O)[O-])cc1. The van der Waals surface area contributed by atoms with Crippen LogP contribution in [-0.2, 0) is 4.79 Å². The maximum Gasteiger partial charge on any atom is 0.269 e. The van der Waals surface area contributed by atoms with E-state index in [1.54, 1.807) is 24.3 Å². The maximum atomic E-state index is 12.1. The Morgan fingerprint density at radius 1 is 1.22 bits per heavy atom. The Morgan fingerprint density at radius 2 is 1.87 bits per heavy atom. The number of non-ortho nitro benzene ring substituents is 1. The highest BCUT2D eigenvalue weighted by atomic mass is 16.6. The average Bonchev–Trinajstić information content (AvgIpc) is 2.54. The number of hydrogen-bond acceptors (Lipinski definition) is 5. The molecule has 2 aromatic rings. The molecule has 0 heterocycles. The number of rotatable bonds is 4. The molecule has 2 aromatic carbocycles. The highest BCUT2D eigenvalue weighted by molar-refractivity contribution is 6.09. The van der Waals surface area contributed by atoms with Gasteiger partial charge in [0.1, 0.15) is 17.4 Å². The molecule has 0 aromatic heterocycles. The summed E-state index contributed by atoms with van der Waals surface area (Å²) in [5.74, 6) is -0.729. The number of carbonyl (C=O) groups is 1. The number of nitriles is 1. The first-order valence-electron chi connectivity index (χ1n) is 6.47. The first-order valence-corrected chi connectivity index (χ1v) is 6.47. The van der Waals surface area contributed by atoms with E-state index in [1.165, 1.54) is 36.4 Å². The highest BCUT2D eigenvalue weighted by Gasteiger charge is 2.11. The molecule has 0 unspecified atom stereocenters. The molecule has 0 saturated carbocycles. The van der Waals surface area contributed by atoms with E-state index in [-0.39, 0.29) is 17.0 Å². The van der Waals surface area contributed by atoms with Crippen LogP contribution in [0, 0.1) is 21.4 Å². The van der Waals surface area contributed by atoms with Gasteiger partial charge in [-0.15, -0.1) is 0 Å². The van der Waals surface area contributed by atoms with E-state index < -0.39 is 10.8 Å². The largest absolute Gasteiger partial charge is 0.507 e. The van der Waals surface area contributed by atoms with Gasteiger partial charge < -0.3 is 10.4 Å². The van der Waals surface area contributed by atoms with Crippen LogP contribution in [0.15, 0.2) is 54.1 Å². The van der Waals surface area contributed by atoms with Crippen LogP contribution >= 0.6 is 0 Å². The van der Waals surface area contributed by atoms with Crippen molar-refractivity contribution in [3.05, 3.63) is 69.8 Å². The van der Waals surface area contributed by atoms with E-state index in [9.17, 15) is 20.0 Å². The van der Waals surface area contributed by atoms with E-state index >= 15 is 0 Å². The predicted molar refractivity (Wildman–Crippen MR) is 83.4 cm³/mol. The molecule has 0 radical (unpaired) electrons. The minimum Gasteiger partial charge on any atom is -0.507 e. The van der Waals surface area contributed by atoms with Crippen molar-refractivity contribution < 1.29 is 14.8 Å². The Balaban J connectivity index is 2.19. The molecule has 7 heteroatoms. The number of carbonyl (C=O) groups excluding carboxylic acids is 1. The summed E-state index contributed by atoms with van der Waals surface area (Å²) in [6, 6.07) is 13.3. The summed E-state index contributed by atoms with van der Waals surface area (Å²) < 4.78 is 0. The Morgan fingerprint density at radius 3 is 2.43 bits per heavy atom. The fraction of sp³-hybridized carbons (Fsp3) is 0. The fourth-order valence-corrected chi connectivity index (χ4v) is 1.78. The molecule has 114 valence electrons. The first kappa shape index (κ1) is 15.7. The molecule has 0 aliphatic rings. The predicted octanol–water partition coefficient (Wildman–Crippen LogP) is 2.85. The van der Waals surface area contributed by atoms with Crippen molar-refractivity contribution in [1.82, 2.24) is 0 Å². The summed E-state index contributed by atoms with van der Waals surface area (Å²) in [6.07, 6.45) is 1.26. The summed E-state index contributed by atoms with van der Waals surface area (Å²) >= 11 is 0. The number of nitrogens with zero attached hydrogens (tertiary/aromatic N) is 2. The molecule has 23 heavy (non-hydrogen) atoms. The van der Waals surface area contributed by atoms with E-state index in [0.717, 1.165) is 0 Å². The summed E-state index contributed by atoms with van der Waals surface area (Å²) in [4.78, 5) is 22.1. The van der Waals surface area contributed by atoms with Crippen LogP contribution in [0.1, 0.15) is 5.56 Å². The zero-order chi connectivity index (χ0) is 16.8. The minimum atomic E-state index is -0.676. The topological polar surface area (TPSA) is 116 Å². The molecule has 1 amide bonds. The number of hydrogen-bond donors (Lipinski definition) is 2. The molecule has 0 aliphatic carbocycles. The minimum absolute atomic E-state index is 0.0524. The van der Waals surface area contributed by atoms with Crippen LogP contribution in [0.4, 0.5) is 11.4 Å². The second-order valence-electron chi connectivity index (χ2n) is 4.49. The van der Waals surface area contributed by atoms with Crippen molar-refractivity contribution in [2.24, 2.45) is 0 Å². The van der Waals surface area contributed by atoms with Crippen molar-refractivity contribution in [3.63, 3.8) is 0 Å². The van der Waals surface area contributed by atoms with Gasteiger partial charge in [-0.05, 0) is 24.3 Å². The van der Waals surface area contributed by atoms with Crippen LogP contribution in [0.25, 0.3) is 6.08 Å². The molecule has 0 bridgehead atoms. The third kappa shape index (κ3) is 3.92. The summed E-state index contributed by atoms with van der Waals surface area (Å²) in [5.41, 5.74) is 0.347. The summed E-state index contributed by atoms with van der Waals surface area (Å²) in [6.45, 7) is 0. The van der Waals surface area contributed by atoms with Crippen LogP contribution in [0.2, 0.25) is 0 Å². The molecular weight excluding hydrogens is 298 g/mol. The van der Waals surface area contributed by atoms with Gasteiger partial charge in [0.05, 0.1) is 4.92 Å². The quantitative estimate of drug-likeness (QED) is 0.390. The Kier molecular flexibility index (Phi) is 4.69. The van der Waals surface area contributed by atoms with Gasteiger partial charge in [-0.1, -0.05) is 18.2 Å². The van der Waals surface area contributed by atoms with Crippen LogP contribution in [-0.4, -0.2) is 15.9 Å². The number of phenols is 1. The number of nitrogens with one attached hydrogen (secondary N) is 1. The van der Waals surface area contributed by atoms with Crippen molar-refractivity contribution in [2.75, 3.05) is 5.32 Å². The number of amides is 1. The first-order chi connectivity index (χ1) is 11.0. The number of nitro groups is 1. The zero-order valence-electron chi connectivity index (χ0n) is 11.8. The van der Waals surface area contributed by atoms with E-state index in [2.05, 4.69) is 5.32 Å². The smallest absolute Gasteiger partial charge is 0.269 e. The van der Waals surface area contributed by atoms with Crippen molar-refractivity contribution in [2.45, 2.75) is 0 Å².